The topological polar surface area (TPSA) is 117 Å². The Morgan fingerprint density at radius 2 is 2.00 bits per heavy atom. The van der Waals surface area contributed by atoms with Gasteiger partial charge in [-0.2, -0.15) is 0 Å². The summed E-state index contributed by atoms with van der Waals surface area (Å²) in [6.07, 6.45) is -1.05. The van der Waals surface area contributed by atoms with Crippen molar-refractivity contribution in [3.63, 3.8) is 0 Å². The average molecular weight is 522 g/mol. The molecule has 0 radical (unpaired) electrons. The number of nitrogens with zero attached hydrogens (tertiary/aromatic N) is 1. The molecule has 2 aromatic carbocycles. The lowest BCUT2D eigenvalue weighted by molar-refractivity contribution is -0.129. The fourth-order valence-electron chi connectivity index (χ4n) is 3.63. The molecule has 0 aliphatic carbocycles. The van der Waals surface area contributed by atoms with Crippen LogP contribution in [0.15, 0.2) is 42.5 Å². The summed E-state index contributed by atoms with van der Waals surface area (Å²) in [5.41, 5.74) is -0.238. The molecule has 3 amide bonds. The molecule has 36 heavy (non-hydrogen) atoms. The summed E-state index contributed by atoms with van der Waals surface area (Å²) in [4.78, 5) is 40.3. The molecule has 1 heterocycles. The summed E-state index contributed by atoms with van der Waals surface area (Å²) in [5.74, 6) is -1.49. The van der Waals surface area contributed by atoms with Crippen molar-refractivity contribution in [3.05, 3.63) is 58.9 Å². The minimum Gasteiger partial charge on any atom is -0.489 e. The van der Waals surface area contributed by atoms with Gasteiger partial charge in [-0.25, -0.2) is 9.18 Å². The van der Waals surface area contributed by atoms with Crippen LogP contribution in [0.1, 0.15) is 26.3 Å². The number of halogens is 2. The van der Waals surface area contributed by atoms with Gasteiger partial charge in [-0.05, 0) is 44.5 Å². The smallest absolute Gasteiger partial charge is 0.408 e. The molecule has 0 fully saturated rings. The standard InChI is InChI=1S/C25H29ClFN3O6/c1-25(2,3)36-24(34)29-18(12-15-6-4-5-7-17(15)27)22(32)28-19-14-35-21-13-16(26)8-9-20(21)30(10-11-31)23(19)33/h4-9,13,18-19,31H,10-12,14H2,1-3H3,(H,28,32)(H,29,34)/t18-,19-/m1/s1. The molecule has 0 spiro atoms. The van der Waals surface area contributed by atoms with Crippen LogP contribution in [-0.2, 0) is 20.7 Å². The number of alkyl carbamates (subject to hydrolysis) is 1. The molecule has 0 saturated heterocycles. The number of anilines is 1. The Morgan fingerprint density at radius 1 is 1.28 bits per heavy atom. The van der Waals surface area contributed by atoms with Gasteiger partial charge in [-0.1, -0.05) is 29.8 Å². The lowest BCUT2D eigenvalue weighted by Gasteiger charge is -2.26. The van der Waals surface area contributed by atoms with Gasteiger partial charge < -0.3 is 30.1 Å². The number of hydrogen-bond acceptors (Lipinski definition) is 6. The van der Waals surface area contributed by atoms with Crippen molar-refractivity contribution < 1.29 is 33.4 Å². The Bertz CT molecular complexity index is 1120. The number of ether oxygens (including phenoxy) is 2. The summed E-state index contributed by atoms with van der Waals surface area (Å²) in [7, 11) is 0. The van der Waals surface area contributed by atoms with Crippen LogP contribution in [-0.4, -0.2) is 60.5 Å². The maximum absolute atomic E-state index is 14.3. The van der Waals surface area contributed by atoms with Crippen LogP contribution in [0.5, 0.6) is 5.75 Å². The summed E-state index contributed by atoms with van der Waals surface area (Å²) >= 11 is 6.05. The lowest BCUT2D eigenvalue weighted by Crippen LogP contribution is -2.57. The van der Waals surface area contributed by atoms with Gasteiger partial charge in [-0.15, -0.1) is 0 Å². The predicted molar refractivity (Wildman–Crippen MR) is 132 cm³/mol. The van der Waals surface area contributed by atoms with Crippen molar-refractivity contribution in [1.29, 1.82) is 0 Å². The molecule has 0 aromatic heterocycles. The zero-order valence-electron chi connectivity index (χ0n) is 20.2. The molecule has 3 N–H and O–H groups in total. The van der Waals surface area contributed by atoms with E-state index in [1.165, 1.54) is 29.2 Å². The van der Waals surface area contributed by atoms with Crippen molar-refractivity contribution in [2.75, 3.05) is 24.7 Å². The predicted octanol–water partition coefficient (Wildman–Crippen LogP) is 2.82. The summed E-state index contributed by atoms with van der Waals surface area (Å²) in [6, 6.07) is 8.15. The number of aliphatic hydroxyl groups excluding tert-OH is 1. The maximum Gasteiger partial charge on any atom is 0.408 e. The first-order valence-corrected chi connectivity index (χ1v) is 11.7. The highest BCUT2D eigenvalue weighted by Crippen LogP contribution is 2.33. The van der Waals surface area contributed by atoms with Gasteiger partial charge in [0.05, 0.1) is 12.3 Å². The molecule has 0 saturated carbocycles. The van der Waals surface area contributed by atoms with Crippen LogP contribution in [0, 0.1) is 5.82 Å². The van der Waals surface area contributed by atoms with Gasteiger partial charge in [0, 0.05) is 24.1 Å². The van der Waals surface area contributed by atoms with Crippen molar-refractivity contribution in [3.8, 4) is 5.75 Å². The first-order chi connectivity index (χ1) is 17.0. The monoisotopic (exact) mass is 521 g/mol. The average Bonchev–Trinajstić information content (AvgIpc) is 2.91. The highest BCUT2D eigenvalue weighted by Gasteiger charge is 2.35. The number of amides is 3. The van der Waals surface area contributed by atoms with Crippen LogP contribution >= 0.6 is 11.6 Å². The van der Waals surface area contributed by atoms with E-state index in [0.717, 1.165) is 0 Å². The molecule has 11 heteroatoms. The number of aliphatic hydroxyl groups is 1. The van der Waals surface area contributed by atoms with Crippen LogP contribution in [0.25, 0.3) is 0 Å². The third-order valence-electron chi connectivity index (χ3n) is 5.21. The number of fused-ring (bicyclic) bond motifs is 1. The zero-order valence-corrected chi connectivity index (χ0v) is 21.0. The summed E-state index contributed by atoms with van der Waals surface area (Å²) < 4.78 is 25.3. The second-order valence-corrected chi connectivity index (χ2v) is 9.63. The van der Waals surface area contributed by atoms with Gasteiger partial charge in [0.1, 0.15) is 35.9 Å². The summed E-state index contributed by atoms with van der Waals surface area (Å²) in [6.45, 7) is 4.40. The second-order valence-electron chi connectivity index (χ2n) is 9.19. The third-order valence-corrected chi connectivity index (χ3v) is 5.45. The van der Waals surface area contributed by atoms with E-state index in [1.807, 2.05) is 0 Å². The van der Waals surface area contributed by atoms with E-state index >= 15 is 0 Å². The Labute approximate surface area is 213 Å². The zero-order chi connectivity index (χ0) is 26.5. The van der Waals surface area contributed by atoms with Gasteiger partial charge >= 0.3 is 6.09 Å². The molecule has 0 bridgehead atoms. The van der Waals surface area contributed by atoms with Crippen LogP contribution < -0.4 is 20.3 Å². The molecule has 3 rings (SSSR count). The SMILES string of the molecule is CC(C)(C)OC(=O)N[C@H](Cc1ccccc1F)C(=O)N[C@@H]1COc2cc(Cl)ccc2N(CCO)C1=O. The molecule has 1 aliphatic heterocycles. The lowest BCUT2D eigenvalue weighted by atomic mass is 10.0. The highest BCUT2D eigenvalue weighted by atomic mass is 35.5. The third kappa shape index (κ3) is 7.08. The normalized spacial score (nSPS) is 16.3. The fourth-order valence-corrected chi connectivity index (χ4v) is 3.79. The van der Waals surface area contributed by atoms with E-state index in [9.17, 15) is 23.9 Å². The largest absolute Gasteiger partial charge is 0.489 e. The van der Waals surface area contributed by atoms with Crippen LogP contribution in [0.4, 0.5) is 14.9 Å². The van der Waals surface area contributed by atoms with Crippen LogP contribution in [0.3, 0.4) is 0 Å². The molecule has 0 unspecified atom stereocenters. The molecule has 2 atom stereocenters. The van der Waals surface area contributed by atoms with E-state index in [4.69, 9.17) is 21.1 Å². The van der Waals surface area contributed by atoms with Crippen molar-refractivity contribution in [1.82, 2.24) is 10.6 Å². The van der Waals surface area contributed by atoms with Crippen molar-refractivity contribution >= 4 is 35.2 Å². The van der Waals surface area contributed by atoms with E-state index in [2.05, 4.69) is 10.6 Å². The number of hydrogen-bond donors (Lipinski definition) is 3. The van der Waals surface area contributed by atoms with Gasteiger partial charge in [0.25, 0.3) is 5.91 Å². The second kappa shape index (κ2) is 11.6. The molecule has 194 valence electrons. The molecular weight excluding hydrogens is 493 g/mol. The van der Waals surface area contributed by atoms with E-state index in [1.54, 1.807) is 39.0 Å². The summed E-state index contributed by atoms with van der Waals surface area (Å²) in [5, 5.41) is 14.9. The Balaban J connectivity index is 1.83. The highest BCUT2D eigenvalue weighted by molar-refractivity contribution is 6.30. The number of benzene rings is 2. The van der Waals surface area contributed by atoms with Gasteiger partial charge in [0.15, 0.2) is 0 Å². The minimum atomic E-state index is -1.25. The molecule has 9 nitrogen and oxygen atoms in total. The van der Waals surface area contributed by atoms with Crippen LogP contribution in [0.2, 0.25) is 5.02 Å². The molecule has 2 aromatic rings. The maximum atomic E-state index is 14.3. The first-order valence-electron chi connectivity index (χ1n) is 11.4. The van der Waals surface area contributed by atoms with E-state index < -0.39 is 41.4 Å². The first kappa shape index (κ1) is 27.2. The Hall–Kier alpha value is -3.37. The van der Waals surface area contributed by atoms with Gasteiger partial charge in [-0.3, -0.25) is 9.59 Å². The number of β-amino-alcohol motifs (C(OH)–C–C–N with tert-alkyl or cyclic N) is 1. The van der Waals surface area contributed by atoms with Gasteiger partial charge in [0.2, 0.25) is 5.91 Å². The Kier molecular flexibility index (Phi) is 8.75. The number of rotatable bonds is 7. The molecular formula is C25H29ClFN3O6. The quantitative estimate of drug-likeness (QED) is 0.516. The minimum absolute atomic E-state index is 0.0436. The Morgan fingerprint density at radius 3 is 2.67 bits per heavy atom. The molecule has 1 aliphatic rings. The van der Waals surface area contributed by atoms with Crippen molar-refractivity contribution in [2.24, 2.45) is 0 Å². The van der Waals surface area contributed by atoms with E-state index in [-0.39, 0.29) is 31.7 Å². The number of carbonyl (C=O) groups excluding carboxylic acids is 3. The number of carbonyl (C=O) groups is 3. The van der Waals surface area contributed by atoms with E-state index in [0.29, 0.717) is 16.5 Å². The number of nitrogens with one attached hydrogen (secondary N) is 2. The van der Waals surface area contributed by atoms with Crippen molar-refractivity contribution in [2.45, 2.75) is 44.9 Å². The fraction of sp³-hybridized carbons (Fsp3) is 0.400.